The Balaban J connectivity index is 2.20. The Morgan fingerprint density at radius 2 is 2.09 bits per heavy atom. The first-order chi connectivity index (χ1) is 10.8. The van der Waals surface area contributed by atoms with E-state index >= 15 is 0 Å². The van der Waals surface area contributed by atoms with Crippen molar-refractivity contribution in [2.24, 2.45) is 11.8 Å². The molecule has 0 radical (unpaired) electrons. The molecule has 2 N–H and O–H groups in total. The molecule has 1 aliphatic rings. The average Bonchev–Trinajstić information content (AvgIpc) is 2.83. The van der Waals surface area contributed by atoms with Gasteiger partial charge in [-0.3, -0.25) is 4.79 Å². The Kier molecular flexibility index (Phi) is 5.04. The summed E-state index contributed by atoms with van der Waals surface area (Å²) in [5.41, 5.74) is 3.65. The van der Waals surface area contributed by atoms with Gasteiger partial charge >= 0.3 is 0 Å². The van der Waals surface area contributed by atoms with Crippen LogP contribution < -0.4 is 10.6 Å². The van der Waals surface area contributed by atoms with Crippen molar-refractivity contribution in [3.63, 3.8) is 0 Å². The molecule has 1 aliphatic heterocycles. The summed E-state index contributed by atoms with van der Waals surface area (Å²) in [6, 6.07) is 4.92. The molecule has 122 valence electrons. The fourth-order valence-electron chi connectivity index (χ4n) is 2.82. The Bertz CT molecular complexity index is 687. The van der Waals surface area contributed by atoms with E-state index in [-0.39, 0.29) is 17.6 Å². The Morgan fingerprint density at radius 1 is 1.39 bits per heavy atom. The molecule has 1 aromatic carbocycles. The Hall–Kier alpha value is -2.36. The molecule has 0 unspecified atom stereocenters. The number of halogens is 1. The van der Waals surface area contributed by atoms with Crippen LogP contribution in [-0.4, -0.2) is 12.5 Å². The Labute approximate surface area is 137 Å². The summed E-state index contributed by atoms with van der Waals surface area (Å²) in [6.07, 6.45) is 1.97. The molecule has 1 saturated heterocycles. The van der Waals surface area contributed by atoms with Gasteiger partial charge in [-0.25, -0.2) is 4.39 Å². The molecule has 0 aliphatic carbocycles. The van der Waals surface area contributed by atoms with E-state index < -0.39 is 5.92 Å². The Morgan fingerprint density at radius 3 is 2.70 bits per heavy atom. The third-order valence-electron chi connectivity index (χ3n) is 3.93. The third kappa shape index (κ3) is 3.89. The SMILES string of the molecule is C=C(Nc1ccc(C)cc1F)[C@H]1C(=O)NC[C@@H]1C(=C)C=C(C)C. The van der Waals surface area contributed by atoms with Crippen LogP contribution in [0.4, 0.5) is 10.1 Å². The van der Waals surface area contributed by atoms with Gasteiger partial charge in [-0.2, -0.15) is 0 Å². The predicted octanol–water partition coefficient (Wildman–Crippen LogP) is 3.94. The molecule has 1 heterocycles. The second kappa shape index (κ2) is 6.82. The van der Waals surface area contributed by atoms with Gasteiger partial charge in [0.15, 0.2) is 0 Å². The number of allylic oxidation sites excluding steroid dienone is 2. The second-order valence-electron chi connectivity index (χ2n) is 6.26. The van der Waals surface area contributed by atoms with E-state index in [2.05, 4.69) is 23.8 Å². The fourth-order valence-corrected chi connectivity index (χ4v) is 2.82. The van der Waals surface area contributed by atoms with E-state index in [1.807, 2.05) is 32.9 Å². The van der Waals surface area contributed by atoms with Crippen LogP contribution in [0.3, 0.4) is 0 Å². The number of anilines is 1. The molecule has 23 heavy (non-hydrogen) atoms. The molecular formula is C19H23FN2O. The van der Waals surface area contributed by atoms with Crippen LogP contribution in [0.25, 0.3) is 0 Å². The van der Waals surface area contributed by atoms with E-state index in [9.17, 15) is 9.18 Å². The standard InChI is InChI=1S/C19H23FN2O/c1-11(2)8-13(4)15-10-21-19(23)18(15)14(5)22-17-7-6-12(3)9-16(17)20/h6-9,15,18,22H,4-5,10H2,1-3H3,(H,21,23)/t15-,18-/m1/s1. The number of amides is 1. The zero-order chi connectivity index (χ0) is 17.1. The molecule has 0 aromatic heterocycles. The minimum atomic E-state index is -0.459. The number of benzene rings is 1. The molecule has 1 fully saturated rings. The number of aryl methyl sites for hydroxylation is 1. The maximum absolute atomic E-state index is 14.0. The van der Waals surface area contributed by atoms with Crippen molar-refractivity contribution in [3.8, 4) is 0 Å². The number of rotatable bonds is 5. The van der Waals surface area contributed by atoms with Gasteiger partial charge in [0.25, 0.3) is 0 Å². The number of carbonyl (C=O) groups is 1. The fraction of sp³-hybridized carbons (Fsp3) is 0.316. The minimum Gasteiger partial charge on any atom is -0.356 e. The summed E-state index contributed by atoms with van der Waals surface area (Å²) in [5.74, 6) is -1.00. The van der Waals surface area contributed by atoms with Crippen LogP contribution in [0, 0.1) is 24.6 Å². The molecule has 4 heteroatoms. The first-order valence-electron chi connectivity index (χ1n) is 7.63. The first-order valence-corrected chi connectivity index (χ1v) is 7.63. The van der Waals surface area contributed by atoms with Crippen molar-refractivity contribution in [1.29, 1.82) is 0 Å². The van der Waals surface area contributed by atoms with Crippen LogP contribution in [0.2, 0.25) is 0 Å². The van der Waals surface area contributed by atoms with Gasteiger partial charge in [0, 0.05) is 18.2 Å². The zero-order valence-corrected chi connectivity index (χ0v) is 13.9. The summed E-state index contributed by atoms with van der Waals surface area (Å²) in [7, 11) is 0. The zero-order valence-electron chi connectivity index (χ0n) is 13.9. The molecule has 0 bridgehead atoms. The molecular weight excluding hydrogens is 291 g/mol. The lowest BCUT2D eigenvalue weighted by Gasteiger charge is -2.21. The van der Waals surface area contributed by atoms with E-state index in [4.69, 9.17) is 0 Å². The highest BCUT2D eigenvalue weighted by Crippen LogP contribution is 2.32. The quantitative estimate of drug-likeness (QED) is 0.808. The van der Waals surface area contributed by atoms with Crippen molar-refractivity contribution in [2.45, 2.75) is 20.8 Å². The highest BCUT2D eigenvalue weighted by Gasteiger charge is 2.37. The summed E-state index contributed by atoms with van der Waals surface area (Å²) in [4.78, 5) is 12.2. The lowest BCUT2D eigenvalue weighted by atomic mass is 9.86. The molecule has 2 rings (SSSR count). The van der Waals surface area contributed by atoms with Gasteiger partial charge in [-0.1, -0.05) is 30.9 Å². The lowest BCUT2D eigenvalue weighted by Crippen LogP contribution is -2.25. The molecule has 1 aromatic rings. The number of hydrogen-bond acceptors (Lipinski definition) is 2. The average molecular weight is 314 g/mol. The maximum Gasteiger partial charge on any atom is 0.229 e. The molecule has 0 spiro atoms. The lowest BCUT2D eigenvalue weighted by molar-refractivity contribution is -0.121. The van der Waals surface area contributed by atoms with Crippen molar-refractivity contribution >= 4 is 11.6 Å². The van der Waals surface area contributed by atoms with E-state index in [1.54, 1.807) is 6.07 Å². The summed E-state index contributed by atoms with van der Waals surface area (Å²) in [6.45, 7) is 14.3. The van der Waals surface area contributed by atoms with Crippen LogP contribution in [0.1, 0.15) is 19.4 Å². The normalized spacial score (nSPS) is 19.9. The van der Waals surface area contributed by atoms with Crippen LogP contribution >= 0.6 is 0 Å². The summed E-state index contributed by atoms with van der Waals surface area (Å²) < 4.78 is 14.0. The minimum absolute atomic E-state index is 0.0779. The molecule has 2 atom stereocenters. The van der Waals surface area contributed by atoms with Crippen LogP contribution in [-0.2, 0) is 4.79 Å². The van der Waals surface area contributed by atoms with Gasteiger partial charge in [-0.15, -0.1) is 0 Å². The smallest absolute Gasteiger partial charge is 0.229 e. The van der Waals surface area contributed by atoms with Crippen molar-refractivity contribution < 1.29 is 9.18 Å². The molecule has 0 saturated carbocycles. The van der Waals surface area contributed by atoms with E-state index in [0.29, 0.717) is 17.9 Å². The number of carbonyl (C=O) groups excluding carboxylic acids is 1. The van der Waals surface area contributed by atoms with E-state index in [1.165, 1.54) is 6.07 Å². The van der Waals surface area contributed by atoms with Crippen molar-refractivity contribution in [2.75, 3.05) is 11.9 Å². The van der Waals surface area contributed by atoms with Crippen molar-refractivity contribution in [3.05, 3.63) is 65.7 Å². The maximum atomic E-state index is 14.0. The van der Waals surface area contributed by atoms with Gasteiger partial charge in [0.05, 0.1) is 11.6 Å². The highest BCUT2D eigenvalue weighted by molar-refractivity contribution is 5.85. The molecule has 1 amide bonds. The van der Waals surface area contributed by atoms with Gasteiger partial charge in [-0.05, 0) is 44.0 Å². The van der Waals surface area contributed by atoms with Crippen LogP contribution in [0.5, 0.6) is 0 Å². The largest absolute Gasteiger partial charge is 0.356 e. The highest BCUT2D eigenvalue weighted by atomic mass is 19.1. The van der Waals surface area contributed by atoms with Gasteiger partial charge in [0.1, 0.15) is 5.82 Å². The number of nitrogens with one attached hydrogen (secondary N) is 2. The van der Waals surface area contributed by atoms with Gasteiger partial charge in [0.2, 0.25) is 5.91 Å². The number of hydrogen-bond donors (Lipinski definition) is 2. The van der Waals surface area contributed by atoms with E-state index in [0.717, 1.165) is 16.7 Å². The topological polar surface area (TPSA) is 41.1 Å². The summed E-state index contributed by atoms with van der Waals surface area (Å²) in [5, 5.41) is 5.80. The summed E-state index contributed by atoms with van der Waals surface area (Å²) >= 11 is 0. The molecule has 3 nitrogen and oxygen atoms in total. The van der Waals surface area contributed by atoms with Crippen LogP contribution in [0.15, 0.2) is 54.3 Å². The predicted molar refractivity (Wildman–Crippen MR) is 92.5 cm³/mol. The van der Waals surface area contributed by atoms with Gasteiger partial charge < -0.3 is 10.6 Å². The van der Waals surface area contributed by atoms with Crippen molar-refractivity contribution in [1.82, 2.24) is 5.32 Å². The third-order valence-corrected chi connectivity index (χ3v) is 3.93. The first kappa shape index (κ1) is 17.0. The second-order valence-corrected chi connectivity index (χ2v) is 6.26. The monoisotopic (exact) mass is 314 g/mol.